The van der Waals surface area contributed by atoms with E-state index in [-0.39, 0.29) is 17.8 Å². The molecule has 0 bridgehead atoms. The van der Waals surface area contributed by atoms with Crippen molar-refractivity contribution in [3.05, 3.63) is 123 Å². The number of nitrogens with one attached hydrogen (secondary N) is 1. The van der Waals surface area contributed by atoms with Gasteiger partial charge in [0.1, 0.15) is 5.56 Å². The fraction of sp³-hybridized carbons (Fsp3) is 0.107. The van der Waals surface area contributed by atoms with E-state index in [1.165, 1.54) is 18.2 Å². The molecule has 36 heavy (non-hydrogen) atoms. The molecule has 3 aromatic carbocycles. The van der Waals surface area contributed by atoms with Crippen molar-refractivity contribution in [2.45, 2.75) is 19.6 Å². The summed E-state index contributed by atoms with van der Waals surface area (Å²) in [6.45, 7) is 1.73. The lowest BCUT2D eigenvalue weighted by molar-refractivity contribution is -0.137. The van der Waals surface area contributed by atoms with Gasteiger partial charge in [-0.2, -0.15) is 18.4 Å². The van der Waals surface area contributed by atoms with Gasteiger partial charge in [0, 0.05) is 23.5 Å². The molecule has 0 aliphatic heterocycles. The molecule has 0 aliphatic carbocycles. The summed E-state index contributed by atoms with van der Waals surface area (Å²) in [6, 6.07) is 23.5. The molecule has 0 radical (unpaired) electrons. The van der Waals surface area contributed by atoms with Gasteiger partial charge in [-0.05, 0) is 54.4 Å². The van der Waals surface area contributed by atoms with E-state index in [1.807, 2.05) is 12.1 Å². The first-order chi connectivity index (χ1) is 17.2. The van der Waals surface area contributed by atoms with Crippen molar-refractivity contribution in [2.24, 2.45) is 0 Å². The Bertz CT molecular complexity index is 1520. The van der Waals surface area contributed by atoms with Crippen LogP contribution in [0.1, 0.15) is 32.7 Å². The standard InChI is InChI=1S/C28H20F3N3O2/c1-18-24(21-6-3-2-4-7-21)15-25(26(35)33-17-20-12-10-19(16-32)11-13-20)27(36)34(18)23-9-5-8-22(14-23)28(29,30)31/h2-15H,17H2,1H3,(H,33,35). The fourth-order valence-corrected chi connectivity index (χ4v) is 3.88. The summed E-state index contributed by atoms with van der Waals surface area (Å²) in [6.07, 6.45) is -4.59. The lowest BCUT2D eigenvalue weighted by Crippen LogP contribution is -2.33. The third kappa shape index (κ3) is 5.05. The Balaban J connectivity index is 1.81. The molecule has 0 unspecified atom stereocenters. The number of rotatable bonds is 5. The monoisotopic (exact) mass is 487 g/mol. The number of aromatic nitrogens is 1. The molecule has 0 aliphatic rings. The molecule has 0 spiro atoms. The van der Waals surface area contributed by atoms with E-state index in [9.17, 15) is 22.8 Å². The van der Waals surface area contributed by atoms with Crippen molar-refractivity contribution in [3.63, 3.8) is 0 Å². The van der Waals surface area contributed by atoms with Crippen molar-refractivity contribution in [1.29, 1.82) is 5.26 Å². The number of nitrogens with zero attached hydrogens (tertiary/aromatic N) is 2. The number of benzene rings is 3. The number of halogens is 3. The highest BCUT2D eigenvalue weighted by molar-refractivity contribution is 5.95. The van der Waals surface area contributed by atoms with E-state index in [2.05, 4.69) is 5.32 Å². The number of alkyl halides is 3. The largest absolute Gasteiger partial charge is 0.416 e. The lowest BCUT2D eigenvalue weighted by Gasteiger charge is -2.18. The van der Waals surface area contributed by atoms with Crippen LogP contribution in [0.25, 0.3) is 16.8 Å². The zero-order valence-electron chi connectivity index (χ0n) is 19.1. The number of carbonyl (C=O) groups is 1. The zero-order valence-corrected chi connectivity index (χ0v) is 19.1. The van der Waals surface area contributed by atoms with Crippen LogP contribution in [0.15, 0.2) is 89.7 Å². The average molecular weight is 487 g/mol. The van der Waals surface area contributed by atoms with Crippen LogP contribution in [0.4, 0.5) is 13.2 Å². The second kappa shape index (κ2) is 9.92. The van der Waals surface area contributed by atoms with E-state index in [0.717, 1.165) is 22.3 Å². The molecular formula is C28H20F3N3O2. The number of pyridine rings is 1. The van der Waals surface area contributed by atoms with Crippen LogP contribution in [0, 0.1) is 18.3 Å². The molecule has 180 valence electrons. The van der Waals surface area contributed by atoms with Gasteiger partial charge in [-0.3, -0.25) is 14.2 Å². The summed E-state index contributed by atoms with van der Waals surface area (Å²) < 4.78 is 41.3. The molecule has 0 atom stereocenters. The molecule has 4 rings (SSSR count). The molecule has 1 N–H and O–H groups in total. The normalized spacial score (nSPS) is 11.1. The van der Waals surface area contributed by atoms with Crippen molar-refractivity contribution in [3.8, 4) is 22.9 Å². The molecule has 1 heterocycles. The molecule has 4 aromatic rings. The van der Waals surface area contributed by atoms with Gasteiger partial charge >= 0.3 is 6.18 Å². The smallest absolute Gasteiger partial charge is 0.348 e. The van der Waals surface area contributed by atoms with E-state index < -0.39 is 23.2 Å². The van der Waals surface area contributed by atoms with Crippen LogP contribution >= 0.6 is 0 Å². The maximum Gasteiger partial charge on any atom is 0.416 e. The highest BCUT2D eigenvalue weighted by atomic mass is 19.4. The fourth-order valence-electron chi connectivity index (χ4n) is 3.88. The van der Waals surface area contributed by atoms with Gasteiger partial charge in [-0.1, -0.05) is 48.5 Å². The minimum atomic E-state index is -4.59. The quantitative estimate of drug-likeness (QED) is 0.396. The number of carbonyl (C=O) groups excluding carboxylic acids is 1. The maximum atomic E-state index is 13.5. The molecule has 8 heteroatoms. The van der Waals surface area contributed by atoms with E-state index in [0.29, 0.717) is 22.4 Å². The molecule has 5 nitrogen and oxygen atoms in total. The third-order valence-corrected chi connectivity index (χ3v) is 5.74. The summed E-state index contributed by atoms with van der Waals surface area (Å²) in [5.74, 6) is -0.665. The second-order valence-electron chi connectivity index (χ2n) is 8.10. The van der Waals surface area contributed by atoms with Crippen LogP contribution < -0.4 is 10.9 Å². The Morgan fingerprint density at radius 2 is 1.67 bits per heavy atom. The predicted octanol–water partition coefficient (Wildman–Crippen LogP) is 5.63. The van der Waals surface area contributed by atoms with Gasteiger partial charge in [0.15, 0.2) is 0 Å². The van der Waals surface area contributed by atoms with Crippen molar-refractivity contribution >= 4 is 5.91 Å². The van der Waals surface area contributed by atoms with Crippen LogP contribution in [0.3, 0.4) is 0 Å². The predicted molar refractivity (Wildman–Crippen MR) is 130 cm³/mol. The zero-order chi connectivity index (χ0) is 25.9. The SMILES string of the molecule is Cc1c(-c2ccccc2)cc(C(=O)NCc2ccc(C#N)cc2)c(=O)n1-c1cccc(C(F)(F)F)c1. The average Bonchev–Trinajstić information content (AvgIpc) is 2.88. The summed E-state index contributed by atoms with van der Waals surface area (Å²) >= 11 is 0. The molecule has 0 saturated carbocycles. The van der Waals surface area contributed by atoms with Gasteiger partial charge < -0.3 is 5.32 Å². The Kier molecular flexibility index (Phi) is 6.75. The molecule has 0 saturated heterocycles. The van der Waals surface area contributed by atoms with Crippen LogP contribution in [-0.4, -0.2) is 10.5 Å². The number of nitriles is 1. The van der Waals surface area contributed by atoms with Gasteiger partial charge in [-0.15, -0.1) is 0 Å². The summed E-state index contributed by atoms with van der Waals surface area (Å²) in [5.41, 5.74) is 1.00. The summed E-state index contributed by atoms with van der Waals surface area (Å²) in [7, 11) is 0. The Hall–Kier alpha value is -4.64. The van der Waals surface area contributed by atoms with E-state index in [1.54, 1.807) is 55.5 Å². The third-order valence-electron chi connectivity index (χ3n) is 5.74. The van der Waals surface area contributed by atoms with Crippen molar-refractivity contribution < 1.29 is 18.0 Å². The van der Waals surface area contributed by atoms with Gasteiger partial charge in [0.2, 0.25) is 0 Å². The van der Waals surface area contributed by atoms with Crippen LogP contribution in [0.5, 0.6) is 0 Å². The Morgan fingerprint density at radius 3 is 2.31 bits per heavy atom. The topological polar surface area (TPSA) is 74.9 Å². The van der Waals surface area contributed by atoms with Gasteiger partial charge in [0.25, 0.3) is 11.5 Å². The first-order valence-electron chi connectivity index (χ1n) is 11.0. The first-order valence-corrected chi connectivity index (χ1v) is 11.0. The second-order valence-corrected chi connectivity index (χ2v) is 8.10. The summed E-state index contributed by atoms with van der Waals surface area (Å²) in [4.78, 5) is 26.6. The Morgan fingerprint density at radius 1 is 0.972 bits per heavy atom. The lowest BCUT2D eigenvalue weighted by atomic mass is 10.0. The van der Waals surface area contributed by atoms with E-state index >= 15 is 0 Å². The molecular weight excluding hydrogens is 467 g/mol. The maximum absolute atomic E-state index is 13.5. The number of hydrogen-bond donors (Lipinski definition) is 1. The highest BCUT2D eigenvalue weighted by Gasteiger charge is 2.31. The van der Waals surface area contributed by atoms with Crippen molar-refractivity contribution in [2.75, 3.05) is 0 Å². The molecule has 1 aromatic heterocycles. The molecule has 1 amide bonds. The Labute approximate surface area is 205 Å². The number of amides is 1. The molecule has 0 fully saturated rings. The van der Waals surface area contributed by atoms with Crippen LogP contribution in [0.2, 0.25) is 0 Å². The van der Waals surface area contributed by atoms with Gasteiger partial charge in [-0.25, -0.2) is 0 Å². The van der Waals surface area contributed by atoms with E-state index in [4.69, 9.17) is 5.26 Å². The van der Waals surface area contributed by atoms with Crippen LogP contribution in [-0.2, 0) is 12.7 Å². The minimum absolute atomic E-state index is 0.00579. The van der Waals surface area contributed by atoms with Gasteiger partial charge in [0.05, 0.1) is 17.2 Å². The highest BCUT2D eigenvalue weighted by Crippen LogP contribution is 2.31. The minimum Gasteiger partial charge on any atom is -0.348 e. The number of hydrogen-bond acceptors (Lipinski definition) is 3. The summed E-state index contributed by atoms with van der Waals surface area (Å²) in [5, 5.41) is 11.6. The first kappa shape index (κ1) is 24.5. The van der Waals surface area contributed by atoms with Crippen molar-refractivity contribution in [1.82, 2.24) is 9.88 Å².